The molecule has 4 aromatic rings. The Labute approximate surface area is 151 Å². The van der Waals surface area contributed by atoms with Crippen molar-refractivity contribution in [3.05, 3.63) is 79.5 Å². The third kappa shape index (κ3) is 3.36. The molecule has 0 atom stereocenters. The number of anilines is 4. The highest BCUT2D eigenvalue weighted by Gasteiger charge is 2.08. The number of nitrogens with one attached hydrogen (secondary N) is 1. The summed E-state index contributed by atoms with van der Waals surface area (Å²) in [6, 6.07) is 17.6. The van der Waals surface area contributed by atoms with E-state index in [-0.39, 0.29) is 0 Å². The average molecular weight is 343 g/mol. The van der Waals surface area contributed by atoms with Crippen molar-refractivity contribution >= 4 is 23.0 Å². The van der Waals surface area contributed by atoms with E-state index in [9.17, 15) is 0 Å². The zero-order valence-corrected chi connectivity index (χ0v) is 14.2. The van der Waals surface area contributed by atoms with Gasteiger partial charge in [0, 0.05) is 25.0 Å². The van der Waals surface area contributed by atoms with Crippen molar-refractivity contribution in [1.29, 1.82) is 0 Å². The number of pyridine rings is 1. The molecule has 26 heavy (non-hydrogen) atoms. The first kappa shape index (κ1) is 15.8. The second kappa shape index (κ2) is 7.02. The van der Waals surface area contributed by atoms with E-state index in [0.717, 1.165) is 23.0 Å². The molecule has 3 aromatic heterocycles. The van der Waals surface area contributed by atoms with Crippen LogP contribution in [0.4, 0.5) is 23.0 Å². The fraction of sp³-hybridized carbons (Fsp3) is 0.0526. The van der Waals surface area contributed by atoms with Gasteiger partial charge in [0.15, 0.2) is 5.82 Å². The lowest BCUT2D eigenvalue weighted by Gasteiger charge is -2.18. The van der Waals surface area contributed by atoms with Crippen LogP contribution in [0, 0.1) is 0 Å². The van der Waals surface area contributed by atoms with Gasteiger partial charge < -0.3 is 10.2 Å². The second-order valence-electron chi connectivity index (χ2n) is 5.64. The van der Waals surface area contributed by atoms with Crippen molar-refractivity contribution in [2.24, 2.45) is 0 Å². The van der Waals surface area contributed by atoms with Gasteiger partial charge in [-0.25, -0.2) is 19.6 Å². The number of para-hydroxylation sites is 1. The van der Waals surface area contributed by atoms with Crippen LogP contribution in [0.25, 0.3) is 5.82 Å². The van der Waals surface area contributed by atoms with Gasteiger partial charge >= 0.3 is 0 Å². The molecule has 0 saturated heterocycles. The Morgan fingerprint density at radius 1 is 0.962 bits per heavy atom. The molecule has 1 N–H and O–H groups in total. The van der Waals surface area contributed by atoms with Crippen LogP contribution in [-0.4, -0.2) is 31.8 Å². The van der Waals surface area contributed by atoms with Crippen LogP contribution in [0.3, 0.4) is 0 Å². The van der Waals surface area contributed by atoms with Gasteiger partial charge in [0.2, 0.25) is 0 Å². The monoisotopic (exact) mass is 343 g/mol. The Kier molecular flexibility index (Phi) is 4.26. The second-order valence-corrected chi connectivity index (χ2v) is 5.64. The Morgan fingerprint density at radius 2 is 1.81 bits per heavy atom. The van der Waals surface area contributed by atoms with Crippen LogP contribution < -0.4 is 10.2 Å². The van der Waals surface area contributed by atoms with Gasteiger partial charge in [-0.3, -0.25) is 0 Å². The molecule has 7 heteroatoms. The highest BCUT2D eigenvalue weighted by molar-refractivity contribution is 5.63. The zero-order valence-electron chi connectivity index (χ0n) is 14.2. The van der Waals surface area contributed by atoms with Crippen molar-refractivity contribution < 1.29 is 0 Å². The fourth-order valence-electron chi connectivity index (χ4n) is 2.53. The molecule has 0 radical (unpaired) electrons. The molecule has 7 nitrogen and oxygen atoms in total. The Balaban J connectivity index is 1.54. The summed E-state index contributed by atoms with van der Waals surface area (Å²) in [7, 11) is 1.97. The van der Waals surface area contributed by atoms with Crippen LogP contribution in [0.1, 0.15) is 0 Å². The number of aromatic nitrogens is 5. The van der Waals surface area contributed by atoms with Crippen molar-refractivity contribution in [2.45, 2.75) is 0 Å². The van der Waals surface area contributed by atoms with E-state index in [4.69, 9.17) is 0 Å². The summed E-state index contributed by atoms with van der Waals surface area (Å²) >= 11 is 0. The maximum atomic E-state index is 4.35. The average Bonchev–Trinajstić information content (AvgIpc) is 3.17. The van der Waals surface area contributed by atoms with E-state index in [1.165, 1.54) is 0 Å². The normalized spacial score (nSPS) is 10.5. The molecule has 0 aliphatic carbocycles. The van der Waals surface area contributed by atoms with E-state index >= 15 is 0 Å². The lowest BCUT2D eigenvalue weighted by Crippen LogP contribution is -2.11. The fourth-order valence-corrected chi connectivity index (χ4v) is 2.53. The van der Waals surface area contributed by atoms with Gasteiger partial charge in [-0.1, -0.05) is 24.3 Å². The van der Waals surface area contributed by atoms with E-state index in [0.29, 0.717) is 5.82 Å². The minimum atomic E-state index is 0.693. The summed E-state index contributed by atoms with van der Waals surface area (Å²) in [5, 5.41) is 7.58. The van der Waals surface area contributed by atoms with Gasteiger partial charge in [-0.2, -0.15) is 5.10 Å². The summed E-state index contributed by atoms with van der Waals surface area (Å²) < 4.78 is 1.71. The van der Waals surface area contributed by atoms with Crippen LogP contribution >= 0.6 is 0 Å². The summed E-state index contributed by atoms with van der Waals surface area (Å²) in [5.41, 5.74) is 1.88. The topological polar surface area (TPSA) is 71.8 Å². The standard InChI is InChI=1S/C19H17N7/c1-25(16-7-3-2-4-8-16)19-11-17(21-14-22-19)24-15-12-23-26(13-15)18-9-5-6-10-20-18/h2-14H,1H3,(H,21,22,24). The number of benzene rings is 1. The smallest absolute Gasteiger partial charge is 0.153 e. The molecule has 0 unspecified atom stereocenters. The number of rotatable bonds is 5. The molecular formula is C19H17N7. The molecule has 0 aliphatic heterocycles. The number of nitrogens with zero attached hydrogens (tertiary/aromatic N) is 6. The molecule has 3 heterocycles. The quantitative estimate of drug-likeness (QED) is 0.597. The van der Waals surface area contributed by atoms with Crippen LogP contribution in [0.2, 0.25) is 0 Å². The van der Waals surface area contributed by atoms with Crippen LogP contribution in [0.5, 0.6) is 0 Å². The van der Waals surface area contributed by atoms with E-state index in [1.54, 1.807) is 23.4 Å². The van der Waals surface area contributed by atoms with E-state index < -0.39 is 0 Å². The minimum Gasteiger partial charge on any atom is -0.337 e. The first-order chi connectivity index (χ1) is 12.8. The van der Waals surface area contributed by atoms with Gasteiger partial charge in [-0.05, 0) is 24.3 Å². The van der Waals surface area contributed by atoms with Gasteiger partial charge in [0.1, 0.15) is 18.0 Å². The molecule has 1 aromatic carbocycles. The summed E-state index contributed by atoms with van der Waals surface area (Å²) in [6.45, 7) is 0. The van der Waals surface area contributed by atoms with Crippen molar-refractivity contribution in [2.75, 3.05) is 17.3 Å². The molecule has 0 spiro atoms. The highest BCUT2D eigenvalue weighted by atomic mass is 15.3. The molecule has 0 saturated carbocycles. The SMILES string of the molecule is CN(c1ccccc1)c1cc(Nc2cnn(-c3ccccn3)c2)ncn1. The summed E-state index contributed by atoms with van der Waals surface area (Å²) in [5.74, 6) is 2.25. The van der Waals surface area contributed by atoms with E-state index in [1.807, 2.05) is 72.7 Å². The Bertz CT molecular complexity index is 983. The van der Waals surface area contributed by atoms with E-state index in [2.05, 4.69) is 25.4 Å². The van der Waals surface area contributed by atoms with Crippen molar-refractivity contribution in [3.8, 4) is 5.82 Å². The highest BCUT2D eigenvalue weighted by Crippen LogP contribution is 2.23. The van der Waals surface area contributed by atoms with Gasteiger partial charge in [0.25, 0.3) is 0 Å². The summed E-state index contributed by atoms with van der Waals surface area (Å²) in [4.78, 5) is 14.9. The third-order valence-corrected chi connectivity index (χ3v) is 3.88. The lowest BCUT2D eigenvalue weighted by molar-refractivity contribution is 0.847. The lowest BCUT2D eigenvalue weighted by atomic mass is 10.3. The molecule has 4 rings (SSSR count). The molecule has 0 aliphatic rings. The minimum absolute atomic E-state index is 0.693. The maximum absolute atomic E-state index is 4.35. The molecule has 0 fully saturated rings. The number of hydrogen-bond donors (Lipinski definition) is 1. The van der Waals surface area contributed by atoms with Gasteiger partial charge in [0.05, 0.1) is 18.1 Å². The van der Waals surface area contributed by atoms with Crippen LogP contribution in [-0.2, 0) is 0 Å². The maximum Gasteiger partial charge on any atom is 0.153 e. The van der Waals surface area contributed by atoms with Crippen molar-refractivity contribution in [1.82, 2.24) is 24.7 Å². The first-order valence-corrected chi connectivity index (χ1v) is 8.13. The molecular weight excluding hydrogens is 326 g/mol. The molecule has 128 valence electrons. The number of hydrogen-bond acceptors (Lipinski definition) is 6. The largest absolute Gasteiger partial charge is 0.337 e. The predicted octanol–water partition coefficient (Wildman–Crippen LogP) is 3.57. The predicted molar refractivity (Wildman–Crippen MR) is 101 cm³/mol. The Morgan fingerprint density at radius 3 is 2.62 bits per heavy atom. The first-order valence-electron chi connectivity index (χ1n) is 8.13. The third-order valence-electron chi connectivity index (χ3n) is 3.88. The van der Waals surface area contributed by atoms with Gasteiger partial charge in [-0.15, -0.1) is 0 Å². The molecule has 0 bridgehead atoms. The van der Waals surface area contributed by atoms with Crippen molar-refractivity contribution in [3.63, 3.8) is 0 Å². The molecule has 0 amide bonds. The summed E-state index contributed by atoms with van der Waals surface area (Å²) in [6.07, 6.45) is 6.88. The van der Waals surface area contributed by atoms with Crippen LogP contribution in [0.15, 0.2) is 79.5 Å². The zero-order chi connectivity index (χ0) is 17.8. The Hall–Kier alpha value is -3.74.